The second-order valence-corrected chi connectivity index (χ2v) is 8.19. The molecule has 0 spiro atoms. The van der Waals surface area contributed by atoms with Gasteiger partial charge in [0.05, 0.1) is 12.9 Å². The van der Waals surface area contributed by atoms with E-state index in [-0.39, 0.29) is 28.7 Å². The summed E-state index contributed by atoms with van der Waals surface area (Å²) in [5, 5.41) is 41.2. The third-order valence-corrected chi connectivity index (χ3v) is 5.91. The number of hydrogen-bond acceptors (Lipinski definition) is 10. The van der Waals surface area contributed by atoms with E-state index in [1.807, 2.05) is 0 Å². The lowest BCUT2D eigenvalue weighted by atomic mass is 9.92. The first-order chi connectivity index (χ1) is 16.6. The molecule has 0 unspecified atom stereocenters. The highest BCUT2D eigenvalue weighted by Crippen LogP contribution is 2.39. The summed E-state index contributed by atoms with van der Waals surface area (Å²) in [6.45, 7) is -0.633. The molecule has 5 N–H and O–H groups in total. The van der Waals surface area contributed by atoms with Gasteiger partial charge < -0.3 is 30.5 Å². The highest BCUT2D eigenvalue weighted by atomic mass is 35.5. The van der Waals surface area contributed by atoms with Crippen LogP contribution < -0.4 is 5.73 Å². The number of nitrogens with zero attached hydrogens (tertiary/aromatic N) is 5. The molecule has 13 heteroatoms. The first-order valence-corrected chi connectivity index (χ1v) is 10.5. The molecule has 1 aliphatic rings. The molecule has 180 valence electrons. The number of terminal acetylenes is 1. The van der Waals surface area contributed by atoms with Crippen LogP contribution in [-0.2, 0) is 20.7 Å². The maximum atomic E-state index is 12.0. The molecule has 4 rings (SSSR count). The summed E-state index contributed by atoms with van der Waals surface area (Å²) in [4.78, 5) is 24.0. The number of anilines is 1. The summed E-state index contributed by atoms with van der Waals surface area (Å²) < 4.78 is 12.6. The molecule has 3 heterocycles. The Bertz CT molecular complexity index is 1350. The van der Waals surface area contributed by atoms with Crippen molar-refractivity contribution in [2.75, 3.05) is 12.3 Å². The predicted molar refractivity (Wildman–Crippen MR) is 121 cm³/mol. The Labute approximate surface area is 203 Å². The zero-order valence-corrected chi connectivity index (χ0v) is 18.7. The third-order valence-electron chi connectivity index (χ3n) is 5.75. The Morgan fingerprint density at radius 2 is 2.11 bits per heavy atom. The number of hydrogen-bond donors (Lipinski definition) is 4. The van der Waals surface area contributed by atoms with Crippen LogP contribution in [0.25, 0.3) is 11.2 Å². The van der Waals surface area contributed by atoms with E-state index in [2.05, 4.69) is 20.9 Å². The van der Waals surface area contributed by atoms with E-state index >= 15 is 0 Å². The maximum Gasteiger partial charge on any atom is 0.351 e. The largest absolute Gasteiger partial charge is 0.478 e. The Morgan fingerprint density at radius 3 is 2.74 bits per heavy atom. The predicted octanol–water partition coefficient (Wildman–Crippen LogP) is 0.291. The third kappa shape index (κ3) is 4.14. The molecule has 2 aromatic heterocycles. The maximum absolute atomic E-state index is 12.0. The van der Waals surface area contributed by atoms with E-state index in [1.165, 1.54) is 10.9 Å². The zero-order chi connectivity index (χ0) is 25.4. The average Bonchev–Trinajstić information content (AvgIpc) is 3.36. The van der Waals surface area contributed by atoms with E-state index in [1.54, 1.807) is 36.4 Å². The van der Waals surface area contributed by atoms with Crippen LogP contribution >= 0.6 is 11.6 Å². The lowest BCUT2D eigenvalue weighted by molar-refractivity contribution is -0.166. The average molecular weight is 499 g/mol. The van der Waals surface area contributed by atoms with Gasteiger partial charge in [0, 0.05) is 6.42 Å². The fourth-order valence-electron chi connectivity index (χ4n) is 3.82. The summed E-state index contributed by atoms with van der Waals surface area (Å²) >= 11 is 5.89. The summed E-state index contributed by atoms with van der Waals surface area (Å²) in [7, 11) is 0. The molecule has 5 atom stereocenters. The molecule has 0 aliphatic carbocycles. The number of fused-ring (bicyclic) bond motifs is 1. The molecule has 0 radical (unpaired) electrons. The van der Waals surface area contributed by atoms with Crippen molar-refractivity contribution in [2.45, 2.75) is 36.1 Å². The molecule has 1 fully saturated rings. The van der Waals surface area contributed by atoms with Gasteiger partial charge in [0.15, 0.2) is 23.3 Å². The highest BCUT2D eigenvalue weighted by molar-refractivity contribution is 6.28. The first kappa shape index (κ1) is 24.3. The van der Waals surface area contributed by atoms with Crippen LogP contribution in [0.5, 0.6) is 0 Å². The standard InChI is InChI=1S/C22H19ClN6O6/c1-2-22(33)13(9-34-21(10-24,19(31)32)8-12-6-4-3-5-7-12)35-18(15(22)30)29-11-26-14-16(25)27-20(23)28-17(14)29/h1,3-7,11,13,15,18,30,33H,8-9H2,(H,31,32)(H2,25,27,28)/t13-,15+,18-,21-,22-/m1/s1. The SMILES string of the molecule is C#C[C@@]1(O)[C@@H](CO[C@@](C#N)(Cc2ccccc2)C(=O)O)O[C@@H](n2cnc3c(N)nc(Cl)nc32)[C@@H]1O. The lowest BCUT2D eigenvalue weighted by Gasteiger charge is -2.28. The van der Waals surface area contributed by atoms with E-state index in [0.717, 1.165) is 0 Å². The molecule has 3 aromatic rings. The first-order valence-electron chi connectivity index (χ1n) is 10.2. The Kier molecular flexibility index (Phi) is 6.34. The highest BCUT2D eigenvalue weighted by Gasteiger charge is 2.57. The van der Waals surface area contributed by atoms with Crippen LogP contribution in [0.3, 0.4) is 0 Å². The van der Waals surface area contributed by atoms with Gasteiger partial charge in [-0.3, -0.25) is 4.57 Å². The van der Waals surface area contributed by atoms with Gasteiger partial charge >= 0.3 is 5.97 Å². The summed E-state index contributed by atoms with van der Waals surface area (Å²) in [5.74, 6) is 0.538. The number of benzene rings is 1. The molecular weight excluding hydrogens is 480 g/mol. The number of aromatic nitrogens is 4. The number of imidazole rings is 1. The van der Waals surface area contributed by atoms with Gasteiger partial charge in [-0.15, -0.1) is 6.42 Å². The van der Waals surface area contributed by atoms with Crippen LogP contribution in [-0.4, -0.2) is 70.8 Å². The molecule has 12 nitrogen and oxygen atoms in total. The molecule has 0 bridgehead atoms. The normalized spacial score (nSPS) is 25.6. The van der Waals surface area contributed by atoms with Crippen molar-refractivity contribution >= 4 is 34.6 Å². The van der Waals surface area contributed by atoms with Crippen LogP contribution in [0.2, 0.25) is 5.28 Å². The number of nitriles is 1. The smallest absolute Gasteiger partial charge is 0.351 e. The zero-order valence-electron chi connectivity index (χ0n) is 17.9. The molecule has 35 heavy (non-hydrogen) atoms. The molecular formula is C22H19ClN6O6. The molecule has 1 saturated heterocycles. The van der Waals surface area contributed by atoms with E-state index in [9.17, 15) is 25.4 Å². The van der Waals surface area contributed by atoms with Crippen LogP contribution in [0.4, 0.5) is 5.82 Å². The fourth-order valence-corrected chi connectivity index (χ4v) is 3.99. The number of carboxylic acids is 1. The number of nitrogens with two attached hydrogens (primary N) is 1. The van der Waals surface area contributed by atoms with Crippen LogP contribution in [0.15, 0.2) is 36.7 Å². The molecule has 0 saturated carbocycles. The second kappa shape index (κ2) is 9.11. The molecule has 0 amide bonds. The second-order valence-electron chi connectivity index (χ2n) is 7.85. The van der Waals surface area contributed by atoms with Gasteiger partial charge in [0.1, 0.15) is 23.8 Å². The number of carbonyl (C=O) groups is 1. The van der Waals surface area contributed by atoms with Crippen molar-refractivity contribution in [1.29, 1.82) is 5.26 Å². The van der Waals surface area contributed by atoms with Crippen molar-refractivity contribution < 1.29 is 29.6 Å². The quantitative estimate of drug-likeness (QED) is 0.258. The van der Waals surface area contributed by atoms with Crippen LogP contribution in [0.1, 0.15) is 11.8 Å². The summed E-state index contributed by atoms with van der Waals surface area (Å²) in [6.07, 6.45) is 2.00. The van der Waals surface area contributed by atoms with Crippen molar-refractivity contribution in [1.82, 2.24) is 19.5 Å². The van der Waals surface area contributed by atoms with Crippen LogP contribution in [0, 0.1) is 23.7 Å². The number of carboxylic acid groups (broad SMARTS) is 1. The Balaban J connectivity index is 1.63. The monoisotopic (exact) mass is 498 g/mol. The minimum Gasteiger partial charge on any atom is -0.478 e. The number of aliphatic carboxylic acids is 1. The number of aliphatic hydroxyl groups is 2. The number of halogens is 1. The Hall–Kier alpha value is -3.78. The van der Waals surface area contributed by atoms with Gasteiger partial charge in [0.2, 0.25) is 5.28 Å². The number of aliphatic hydroxyl groups excluding tert-OH is 1. The van der Waals surface area contributed by atoms with E-state index < -0.39 is 42.2 Å². The van der Waals surface area contributed by atoms with E-state index in [4.69, 9.17) is 33.2 Å². The van der Waals surface area contributed by atoms with Crippen molar-refractivity contribution in [2.24, 2.45) is 0 Å². The van der Waals surface area contributed by atoms with Gasteiger partial charge in [0.25, 0.3) is 5.60 Å². The number of rotatable bonds is 7. The minimum atomic E-state index is -2.31. The minimum absolute atomic E-state index is 0.0143. The number of nitrogen functional groups attached to an aromatic ring is 1. The van der Waals surface area contributed by atoms with Gasteiger partial charge in [-0.25, -0.2) is 9.78 Å². The lowest BCUT2D eigenvalue weighted by Crippen LogP contribution is -2.51. The van der Waals surface area contributed by atoms with Crippen molar-refractivity contribution in [3.63, 3.8) is 0 Å². The summed E-state index contributed by atoms with van der Waals surface area (Å²) in [6, 6.07) is 10.1. The molecule has 1 aliphatic heterocycles. The Morgan fingerprint density at radius 1 is 1.40 bits per heavy atom. The molecule has 1 aromatic carbocycles. The van der Waals surface area contributed by atoms with Crippen molar-refractivity contribution in [3.8, 4) is 18.4 Å². The van der Waals surface area contributed by atoms with Crippen molar-refractivity contribution in [3.05, 3.63) is 47.5 Å². The fraction of sp³-hybridized carbons (Fsp3) is 0.318. The van der Waals surface area contributed by atoms with E-state index in [0.29, 0.717) is 5.56 Å². The van der Waals surface area contributed by atoms with Gasteiger partial charge in [-0.1, -0.05) is 36.3 Å². The van der Waals surface area contributed by atoms with Gasteiger partial charge in [-0.05, 0) is 17.2 Å². The summed E-state index contributed by atoms with van der Waals surface area (Å²) in [5.41, 5.74) is 2.01. The topological polar surface area (TPSA) is 190 Å². The number of ether oxygens (including phenoxy) is 2. The van der Waals surface area contributed by atoms with Gasteiger partial charge in [-0.2, -0.15) is 15.2 Å².